The van der Waals surface area contributed by atoms with Crippen LogP contribution in [0.25, 0.3) is 0 Å². The van der Waals surface area contributed by atoms with Crippen molar-refractivity contribution in [2.45, 2.75) is 24.9 Å². The van der Waals surface area contributed by atoms with Crippen LogP contribution in [0.5, 0.6) is 0 Å². The molecule has 0 aromatic rings. The van der Waals surface area contributed by atoms with Crippen LogP contribution < -0.4 is 11.1 Å². The number of likely N-dealkylation sites (tertiary alicyclic amines) is 1. The zero-order chi connectivity index (χ0) is 9.42. The molecule has 2 heterocycles. The minimum atomic E-state index is -0.292. The molecular formula is C8H13N3O2. The quantitative estimate of drug-likeness (QED) is 0.516. The monoisotopic (exact) mass is 183 g/mol. The maximum absolute atomic E-state index is 11.6. The number of carbonyl (C=O) groups is 2. The zero-order valence-electron chi connectivity index (χ0n) is 7.32. The first-order chi connectivity index (χ1) is 6.16. The van der Waals surface area contributed by atoms with Gasteiger partial charge in [0.2, 0.25) is 11.8 Å². The Bertz CT molecular complexity index is 248. The van der Waals surface area contributed by atoms with Gasteiger partial charge in [-0.15, -0.1) is 0 Å². The molecule has 0 unspecified atom stereocenters. The van der Waals surface area contributed by atoms with Crippen LogP contribution in [-0.4, -0.2) is 41.9 Å². The van der Waals surface area contributed by atoms with Crippen molar-refractivity contribution < 1.29 is 9.59 Å². The molecule has 2 amide bonds. The molecule has 5 nitrogen and oxygen atoms in total. The molecule has 13 heavy (non-hydrogen) atoms. The summed E-state index contributed by atoms with van der Waals surface area (Å²) in [5.74, 6) is -0.00396. The number of rotatable bonds is 1. The van der Waals surface area contributed by atoms with E-state index in [-0.39, 0.29) is 23.9 Å². The highest BCUT2D eigenvalue weighted by Crippen LogP contribution is 2.13. The average molecular weight is 183 g/mol. The first-order valence-corrected chi connectivity index (χ1v) is 4.50. The van der Waals surface area contributed by atoms with E-state index in [0.29, 0.717) is 25.9 Å². The van der Waals surface area contributed by atoms with Crippen LogP contribution >= 0.6 is 0 Å². The van der Waals surface area contributed by atoms with E-state index in [2.05, 4.69) is 5.32 Å². The molecule has 1 atom stereocenters. The molecule has 3 N–H and O–H groups in total. The average Bonchev–Trinajstić information content (AvgIpc) is 2.45. The molecule has 72 valence electrons. The Morgan fingerprint density at radius 3 is 2.69 bits per heavy atom. The summed E-state index contributed by atoms with van der Waals surface area (Å²) in [6.07, 6.45) is 1.10. The van der Waals surface area contributed by atoms with Crippen LogP contribution in [-0.2, 0) is 9.59 Å². The predicted octanol–water partition coefficient (Wildman–Crippen LogP) is -1.57. The summed E-state index contributed by atoms with van der Waals surface area (Å²) in [5, 5.41) is 2.65. The van der Waals surface area contributed by atoms with Crippen LogP contribution in [0.4, 0.5) is 0 Å². The molecule has 0 saturated carbocycles. The summed E-state index contributed by atoms with van der Waals surface area (Å²) >= 11 is 0. The largest absolute Gasteiger partial charge is 0.344 e. The molecule has 0 aromatic carbocycles. The lowest BCUT2D eigenvalue weighted by molar-refractivity contribution is -0.138. The molecule has 2 fully saturated rings. The molecule has 0 aliphatic carbocycles. The van der Waals surface area contributed by atoms with Crippen molar-refractivity contribution >= 4 is 11.8 Å². The minimum Gasteiger partial charge on any atom is -0.344 e. The Balaban J connectivity index is 1.87. The second kappa shape index (κ2) is 2.99. The zero-order valence-corrected chi connectivity index (χ0v) is 7.32. The first-order valence-electron chi connectivity index (χ1n) is 4.50. The number of hydrogen-bond acceptors (Lipinski definition) is 3. The van der Waals surface area contributed by atoms with Crippen LogP contribution in [0.15, 0.2) is 0 Å². The van der Waals surface area contributed by atoms with Gasteiger partial charge in [-0.05, 0) is 6.42 Å². The summed E-state index contributed by atoms with van der Waals surface area (Å²) in [6.45, 7) is 1.26. The predicted molar refractivity (Wildman–Crippen MR) is 45.7 cm³/mol. The van der Waals surface area contributed by atoms with E-state index in [1.54, 1.807) is 4.90 Å². The van der Waals surface area contributed by atoms with E-state index in [1.807, 2.05) is 0 Å². The van der Waals surface area contributed by atoms with Gasteiger partial charge in [-0.3, -0.25) is 9.59 Å². The number of amides is 2. The highest BCUT2D eigenvalue weighted by molar-refractivity contribution is 5.91. The third-order valence-electron chi connectivity index (χ3n) is 2.51. The van der Waals surface area contributed by atoms with E-state index < -0.39 is 0 Å². The molecule has 2 aliphatic heterocycles. The van der Waals surface area contributed by atoms with Gasteiger partial charge in [0.05, 0.1) is 0 Å². The van der Waals surface area contributed by atoms with Gasteiger partial charge >= 0.3 is 0 Å². The highest BCUT2D eigenvalue weighted by Gasteiger charge is 2.35. The van der Waals surface area contributed by atoms with Crippen LogP contribution in [0, 0.1) is 0 Å². The maximum atomic E-state index is 11.6. The smallest absolute Gasteiger partial charge is 0.245 e. The molecule has 0 aromatic heterocycles. The number of nitrogens with two attached hydrogens (primary N) is 1. The van der Waals surface area contributed by atoms with Crippen molar-refractivity contribution in [3.63, 3.8) is 0 Å². The fourth-order valence-electron chi connectivity index (χ4n) is 1.71. The van der Waals surface area contributed by atoms with Gasteiger partial charge in [-0.2, -0.15) is 0 Å². The van der Waals surface area contributed by atoms with Crippen LogP contribution in [0.3, 0.4) is 0 Å². The van der Waals surface area contributed by atoms with E-state index in [0.717, 1.165) is 0 Å². The van der Waals surface area contributed by atoms with Gasteiger partial charge in [0.25, 0.3) is 0 Å². The molecule has 2 rings (SSSR count). The number of hydrogen-bond donors (Lipinski definition) is 2. The maximum Gasteiger partial charge on any atom is 0.245 e. The van der Waals surface area contributed by atoms with Crippen molar-refractivity contribution in [3.8, 4) is 0 Å². The topological polar surface area (TPSA) is 75.4 Å². The minimum absolute atomic E-state index is 0.0209. The molecule has 0 spiro atoms. The highest BCUT2D eigenvalue weighted by atomic mass is 16.2. The Morgan fingerprint density at radius 2 is 2.23 bits per heavy atom. The van der Waals surface area contributed by atoms with Gasteiger partial charge in [0, 0.05) is 25.6 Å². The summed E-state index contributed by atoms with van der Waals surface area (Å²) in [4.78, 5) is 24.1. The molecule has 0 bridgehead atoms. The first kappa shape index (κ1) is 8.50. The van der Waals surface area contributed by atoms with Gasteiger partial charge < -0.3 is 16.0 Å². The molecular weight excluding hydrogens is 170 g/mol. The molecule has 5 heteroatoms. The Morgan fingerprint density at radius 1 is 1.54 bits per heavy atom. The second-order valence-electron chi connectivity index (χ2n) is 3.66. The molecule has 2 saturated heterocycles. The summed E-state index contributed by atoms with van der Waals surface area (Å²) in [6, 6.07) is -0.166. The van der Waals surface area contributed by atoms with Crippen LogP contribution in [0.1, 0.15) is 12.8 Å². The van der Waals surface area contributed by atoms with E-state index >= 15 is 0 Å². The van der Waals surface area contributed by atoms with Crippen molar-refractivity contribution in [2.75, 3.05) is 13.1 Å². The Kier molecular flexibility index (Phi) is 1.95. The second-order valence-corrected chi connectivity index (χ2v) is 3.66. The lowest BCUT2D eigenvalue weighted by Gasteiger charge is -2.38. The van der Waals surface area contributed by atoms with Crippen molar-refractivity contribution in [2.24, 2.45) is 5.73 Å². The van der Waals surface area contributed by atoms with Crippen LogP contribution in [0.2, 0.25) is 0 Å². The third-order valence-corrected chi connectivity index (χ3v) is 2.51. The van der Waals surface area contributed by atoms with E-state index in [9.17, 15) is 9.59 Å². The lowest BCUT2D eigenvalue weighted by atomic mass is 10.1. The standard InChI is InChI=1S/C8H13N3O2/c9-5-3-11(4-5)8(13)6-1-2-7(12)10-6/h5-6H,1-4,9H2,(H,10,12)/t6-/m1/s1. The fourth-order valence-corrected chi connectivity index (χ4v) is 1.71. The van der Waals surface area contributed by atoms with Crippen molar-refractivity contribution in [1.82, 2.24) is 10.2 Å². The SMILES string of the molecule is NC1CN(C(=O)[C@H]2CCC(=O)N2)C1. The fraction of sp³-hybridized carbons (Fsp3) is 0.750. The van der Waals surface area contributed by atoms with E-state index in [4.69, 9.17) is 5.73 Å². The summed E-state index contributed by atoms with van der Waals surface area (Å²) in [5.41, 5.74) is 5.55. The number of nitrogens with zero attached hydrogens (tertiary/aromatic N) is 1. The van der Waals surface area contributed by atoms with Crippen molar-refractivity contribution in [3.05, 3.63) is 0 Å². The summed E-state index contributed by atoms with van der Waals surface area (Å²) < 4.78 is 0. The molecule has 2 aliphatic rings. The normalized spacial score (nSPS) is 28.5. The van der Waals surface area contributed by atoms with Gasteiger partial charge in [0.1, 0.15) is 6.04 Å². The van der Waals surface area contributed by atoms with E-state index in [1.165, 1.54) is 0 Å². The Hall–Kier alpha value is -1.10. The molecule has 0 radical (unpaired) electrons. The third kappa shape index (κ3) is 1.51. The van der Waals surface area contributed by atoms with Gasteiger partial charge in [-0.25, -0.2) is 0 Å². The Labute approximate surface area is 76.3 Å². The lowest BCUT2D eigenvalue weighted by Crippen LogP contribution is -2.61. The summed E-state index contributed by atoms with van der Waals surface area (Å²) in [7, 11) is 0. The number of carbonyl (C=O) groups excluding carboxylic acids is 2. The van der Waals surface area contributed by atoms with Gasteiger partial charge in [0.15, 0.2) is 0 Å². The van der Waals surface area contributed by atoms with Gasteiger partial charge in [-0.1, -0.05) is 0 Å². The van der Waals surface area contributed by atoms with Crippen molar-refractivity contribution in [1.29, 1.82) is 0 Å². The number of nitrogens with one attached hydrogen (secondary N) is 1.